The van der Waals surface area contributed by atoms with E-state index in [1.54, 1.807) is 0 Å². The Morgan fingerprint density at radius 2 is 2.24 bits per heavy atom. The molecule has 8 heteroatoms. The normalized spacial score (nSPS) is 18.7. The van der Waals surface area contributed by atoms with Gasteiger partial charge in [0.1, 0.15) is 10.7 Å². The topological polar surface area (TPSA) is 69.7 Å². The number of aryl methyl sites for hydroxylation is 1. The summed E-state index contributed by atoms with van der Waals surface area (Å²) in [4.78, 5) is 11.2. The highest BCUT2D eigenvalue weighted by atomic mass is 35.7. The lowest BCUT2D eigenvalue weighted by Gasteiger charge is -2.10. The van der Waals surface area contributed by atoms with Crippen LogP contribution < -0.4 is 0 Å². The summed E-state index contributed by atoms with van der Waals surface area (Å²) in [6, 6.07) is 2.12. The molecule has 21 heavy (non-hydrogen) atoms. The van der Waals surface area contributed by atoms with Crippen LogP contribution in [0.2, 0.25) is 0 Å². The van der Waals surface area contributed by atoms with Crippen LogP contribution >= 0.6 is 10.7 Å². The number of benzene rings is 1. The molecule has 0 N–H and O–H groups in total. The lowest BCUT2D eigenvalue weighted by atomic mass is 10.1. The van der Waals surface area contributed by atoms with E-state index >= 15 is 0 Å². The molecule has 0 amide bonds. The quantitative estimate of drug-likeness (QED) is 0.623. The largest absolute Gasteiger partial charge is 0.462 e. The fourth-order valence-corrected chi connectivity index (χ4v) is 3.00. The van der Waals surface area contributed by atoms with Crippen LogP contribution in [-0.2, 0) is 18.5 Å². The number of rotatable bonds is 4. The van der Waals surface area contributed by atoms with Crippen molar-refractivity contribution in [2.75, 3.05) is 19.8 Å². The summed E-state index contributed by atoms with van der Waals surface area (Å²) in [5.41, 5.74) is -0.0417. The number of ether oxygens (including phenoxy) is 2. The molecule has 1 unspecified atom stereocenters. The Kier molecular flexibility index (Phi) is 4.85. The first kappa shape index (κ1) is 16.2. The number of carbonyl (C=O) groups excluding carboxylic acids is 1. The SMILES string of the molecule is Cc1cc(C(=O)OCC2CCOC2)cc(S(=O)(=O)Cl)c1F. The standard InChI is InChI=1S/C13H14ClFO5S/c1-8-4-10(5-11(12(8)15)21(14,17)18)13(16)20-7-9-2-3-19-6-9/h4-5,9H,2-3,6-7H2,1H3. The average Bonchev–Trinajstić information content (AvgIpc) is 2.90. The number of hydrogen-bond acceptors (Lipinski definition) is 5. The fourth-order valence-electron chi connectivity index (χ4n) is 2.02. The van der Waals surface area contributed by atoms with Gasteiger partial charge in [-0.2, -0.15) is 0 Å². The van der Waals surface area contributed by atoms with Gasteiger partial charge in [-0.1, -0.05) is 0 Å². The zero-order valence-corrected chi connectivity index (χ0v) is 12.8. The molecule has 5 nitrogen and oxygen atoms in total. The Labute approximate surface area is 126 Å². The lowest BCUT2D eigenvalue weighted by Crippen LogP contribution is -2.15. The molecule has 0 aliphatic carbocycles. The van der Waals surface area contributed by atoms with Crippen LogP contribution in [0.4, 0.5) is 4.39 Å². The van der Waals surface area contributed by atoms with Crippen molar-refractivity contribution >= 4 is 25.7 Å². The first-order valence-corrected chi connectivity index (χ1v) is 8.59. The lowest BCUT2D eigenvalue weighted by molar-refractivity contribution is 0.0427. The molecule has 1 aliphatic rings. The van der Waals surface area contributed by atoms with Crippen molar-refractivity contribution in [1.82, 2.24) is 0 Å². The molecule has 1 heterocycles. The Bertz CT molecular complexity index is 653. The number of hydrogen-bond donors (Lipinski definition) is 0. The highest BCUT2D eigenvalue weighted by Crippen LogP contribution is 2.24. The van der Waals surface area contributed by atoms with E-state index in [4.69, 9.17) is 20.2 Å². The predicted molar refractivity (Wildman–Crippen MR) is 73.4 cm³/mol. The molecular weight excluding hydrogens is 323 g/mol. The molecule has 116 valence electrons. The Morgan fingerprint density at radius 3 is 2.81 bits per heavy atom. The van der Waals surface area contributed by atoms with Crippen molar-refractivity contribution in [2.24, 2.45) is 5.92 Å². The van der Waals surface area contributed by atoms with Crippen LogP contribution in [-0.4, -0.2) is 34.2 Å². The third-order valence-corrected chi connectivity index (χ3v) is 4.51. The van der Waals surface area contributed by atoms with Gasteiger partial charge in [-0.3, -0.25) is 0 Å². The second kappa shape index (κ2) is 6.29. The minimum Gasteiger partial charge on any atom is -0.462 e. The van der Waals surface area contributed by atoms with Crippen molar-refractivity contribution in [3.63, 3.8) is 0 Å². The van der Waals surface area contributed by atoms with E-state index in [2.05, 4.69) is 0 Å². The zero-order valence-electron chi connectivity index (χ0n) is 11.3. The maximum atomic E-state index is 13.7. The minimum absolute atomic E-state index is 0.00729. The van der Waals surface area contributed by atoms with Crippen LogP contribution in [0.25, 0.3) is 0 Å². The van der Waals surface area contributed by atoms with Gasteiger partial charge in [0.05, 0.1) is 18.8 Å². The molecule has 1 aliphatic heterocycles. The molecule has 0 radical (unpaired) electrons. The zero-order chi connectivity index (χ0) is 15.6. The maximum Gasteiger partial charge on any atom is 0.338 e. The summed E-state index contributed by atoms with van der Waals surface area (Å²) >= 11 is 0. The van der Waals surface area contributed by atoms with Gasteiger partial charge < -0.3 is 9.47 Å². The molecule has 1 aromatic rings. The van der Waals surface area contributed by atoms with Gasteiger partial charge in [0.15, 0.2) is 0 Å². The van der Waals surface area contributed by atoms with E-state index in [1.807, 2.05) is 0 Å². The van der Waals surface area contributed by atoms with Gasteiger partial charge in [0.2, 0.25) is 0 Å². The number of carbonyl (C=O) groups is 1. The summed E-state index contributed by atoms with van der Waals surface area (Å²) < 4.78 is 46.6. The van der Waals surface area contributed by atoms with E-state index in [-0.39, 0.29) is 23.7 Å². The van der Waals surface area contributed by atoms with Gasteiger partial charge >= 0.3 is 5.97 Å². The molecule has 1 aromatic carbocycles. The molecule has 1 fully saturated rings. The number of esters is 1. The molecule has 0 aromatic heterocycles. The van der Waals surface area contributed by atoms with E-state index in [0.717, 1.165) is 12.5 Å². The third kappa shape index (κ3) is 3.93. The summed E-state index contributed by atoms with van der Waals surface area (Å²) in [5.74, 6) is -1.55. The summed E-state index contributed by atoms with van der Waals surface area (Å²) in [7, 11) is 0.884. The molecule has 1 atom stereocenters. The van der Waals surface area contributed by atoms with Gasteiger partial charge in [0, 0.05) is 23.2 Å². The molecule has 0 saturated carbocycles. The fraction of sp³-hybridized carbons (Fsp3) is 0.462. The maximum absolute atomic E-state index is 13.7. The van der Waals surface area contributed by atoms with Crippen LogP contribution in [0.5, 0.6) is 0 Å². The van der Waals surface area contributed by atoms with Crippen molar-refractivity contribution in [2.45, 2.75) is 18.2 Å². The molecule has 1 saturated heterocycles. The summed E-state index contributed by atoms with van der Waals surface area (Å²) in [6.07, 6.45) is 0.803. The molecule has 0 spiro atoms. The number of halogens is 2. The second-order valence-electron chi connectivity index (χ2n) is 4.87. The van der Waals surface area contributed by atoms with Crippen LogP contribution in [0, 0.1) is 18.7 Å². The predicted octanol–water partition coefficient (Wildman–Crippen LogP) is 2.25. The first-order valence-electron chi connectivity index (χ1n) is 6.28. The summed E-state index contributed by atoms with van der Waals surface area (Å²) in [5, 5.41) is 0. The first-order chi connectivity index (χ1) is 9.79. The highest BCUT2D eigenvalue weighted by molar-refractivity contribution is 8.13. The third-order valence-electron chi connectivity index (χ3n) is 3.19. The van der Waals surface area contributed by atoms with E-state index in [9.17, 15) is 17.6 Å². The van der Waals surface area contributed by atoms with Gasteiger partial charge in [-0.25, -0.2) is 17.6 Å². The van der Waals surface area contributed by atoms with Crippen LogP contribution in [0.3, 0.4) is 0 Å². The van der Waals surface area contributed by atoms with Gasteiger partial charge in [-0.05, 0) is 31.0 Å². The van der Waals surface area contributed by atoms with Crippen molar-refractivity contribution in [3.8, 4) is 0 Å². The molecule has 2 rings (SSSR count). The Morgan fingerprint density at radius 1 is 1.52 bits per heavy atom. The van der Waals surface area contributed by atoms with Crippen molar-refractivity contribution in [1.29, 1.82) is 0 Å². The van der Waals surface area contributed by atoms with Crippen molar-refractivity contribution < 1.29 is 27.1 Å². The Hall–Kier alpha value is -1.18. The minimum atomic E-state index is -4.27. The van der Waals surface area contributed by atoms with E-state index in [1.165, 1.54) is 13.0 Å². The highest BCUT2D eigenvalue weighted by Gasteiger charge is 2.23. The van der Waals surface area contributed by atoms with Crippen LogP contribution in [0.1, 0.15) is 22.3 Å². The smallest absolute Gasteiger partial charge is 0.338 e. The average molecular weight is 337 g/mol. The Balaban J connectivity index is 2.19. The molecule has 0 bridgehead atoms. The summed E-state index contributed by atoms with van der Waals surface area (Å²) in [6.45, 7) is 2.68. The molecular formula is C13H14ClFO5S. The second-order valence-corrected chi connectivity index (χ2v) is 7.41. The van der Waals surface area contributed by atoms with Crippen molar-refractivity contribution in [3.05, 3.63) is 29.1 Å². The van der Waals surface area contributed by atoms with Crippen LogP contribution in [0.15, 0.2) is 17.0 Å². The van der Waals surface area contributed by atoms with E-state index < -0.39 is 25.7 Å². The van der Waals surface area contributed by atoms with Gasteiger partial charge in [-0.15, -0.1) is 0 Å². The monoisotopic (exact) mass is 336 g/mol. The van der Waals surface area contributed by atoms with E-state index in [0.29, 0.717) is 13.2 Å². The van der Waals surface area contributed by atoms with Gasteiger partial charge in [0.25, 0.3) is 9.05 Å².